The summed E-state index contributed by atoms with van der Waals surface area (Å²) in [6.45, 7) is 3.22. The van der Waals surface area contributed by atoms with Crippen molar-refractivity contribution in [3.63, 3.8) is 0 Å². The highest BCUT2D eigenvalue weighted by Crippen LogP contribution is 2.01. The molecule has 1 N–H and O–H groups in total. The molecule has 58 valence electrons. The number of nitrogens with one attached hydrogen (secondary N) is 1. The van der Waals surface area contributed by atoms with Crippen molar-refractivity contribution in [2.45, 2.75) is 20.3 Å². The lowest BCUT2D eigenvalue weighted by atomic mass is 10.6. The normalized spacial score (nSPS) is 9.00. The minimum atomic E-state index is -0.101. The van der Waals surface area contributed by atoms with Crippen LogP contribution in [-0.2, 0) is 9.59 Å². The van der Waals surface area contributed by atoms with Crippen molar-refractivity contribution in [1.29, 1.82) is 0 Å². The van der Waals surface area contributed by atoms with Gasteiger partial charge in [0.05, 0.1) is 5.88 Å². The van der Waals surface area contributed by atoms with Gasteiger partial charge in [0.15, 0.2) is 5.12 Å². The average molecular weight is 161 g/mol. The van der Waals surface area contributed by atoms with Crippen molar-refractivity contribution >= 4 is 22.8 Å². The van der Waals surface area contributed by atoms with Gasteiger partial charge in [0.1, 0.15) is 0 Å². The summed E-state index contributed by atoms with van der Waals surface area (Å²) in [6.07, 6.45) is 0.518. The molecule has 0 radical (unpaired) electrons. The number of carbonyl (C=O) groups excluding carboxylic acids is 2. The zero-order valence-corrected chi connectivity index (χ0v) is 6.96. The van der Waals surface area contributed by atoms with Crippen LogP contribution in [0.3, 0.4) is 0 Å². The first-order valence-corrected chi connectivity index (χ1v) is 4.05. The Bertz CT molecular complexity index is 136. The molecule has 0 saturated carbocycles. The summed E-state index contributed by atoms with van der Waals surface area (Å²) in [5.74, 6) is 0.290. The van der Waals surface area contributed by atoms with Gasteiger partial charge in [-0.25, -0.2) is 0 Å². The Labute approximate surface area is 64.6 Å². The summed E-state index contributed by atoms with van der Waals surface area (Å²) in [4.78, 5) is 20.9. The molecule has 0 fully saturated rings. The second-order valence-corrected chi connectivity index (χ2v) is 2.78. The number of carbonyl (C=O) groups is 2. The van der Waals surface area contributed by atoms with Crippen LogP contribution in [0.15, 0.2) is 0 Å². The van der Waals surface area contributed by atoms with E-state index in [1.54, 1.807) is 6.92 Å². The van der Waals surface area contributed by atoms with Crippen LogP contribution >= 0.6 is 11.8 Å². The third kappa shape index (κ3) is 5.62. The molecular formula is C6H11NO2S. The molecule has 1 amide bonds. The van der Waals surface area contributed by atoms with E-state index >= 15 is 0 Å². The molecule has 10 heavy (non-hydrogen) atoms. The zero-order chi connectivity index (χ0) is 7.98. The molecule has 0 aromatic heterocycles. The van der Waals surface area contributed by atoms with Crippen LogP contribution in [0.4, 0.5) is 0 Å². The van der Waals surface area contributed by atoms with E-state index in [4.69, 9.17) is 0 Å². The Morgan fingerprint density at radius 2 is 2.10 bits per heavy atom. The summed E-state index contributed by atoms with van der Waals surface area (Å²) in [6, 6.07) is 0. The van der Waals surface area contributed by atoms with Crippen molar-refractivity contribution in [3.8, 4) is 0 Å². The summed E-state index contributed by atoms with van der Waals surface area (Å²) in [7, 11) is 0. The summed E-state index contributed by atoms with van der Waals surface area (Å²) < 4.78 is 0. The molecule has 0 saturated heterocycles. The lowest BCUT2D eigenvalue weighted by molar-refractivity contribution is -0.118. The first-order valence-electron chi connectivity index (χ1n) is 3.07. The molecule has 0 aromatic rings. The highest BCUT2D eigenvalue weighted by Gasteiger charge is 1.97. The monoisotopic (exact) mass is 161 g/mol. The Balaban J connectivity index is 3.20. The predicted octanol–water partition coefficient (Wildman–Crippen LogP) is 0.750. The second kappa shape index (κ2) is 5.29. The van der Waals surface area contributed by atoms with E-state index in [1.165, 1.54) is 6.92 Å². The van der Waals surface area contributed by atoms with Crippen LogP contribution in [0.2, 0.25) is 0 Å². The number of amides is 1. The highest BCUT2D eigenvalue weighted by molar-refractivity contribution is 8.13. The van der Waals surface area contributed by atoms with Crippen molar-refractivity contribution in [2.24, 2.45) is 0 Å². The van der Waals surface area contributed by atoms with Crippen molar-refractivity contribution in [3.05, 3.63) is 0 Å². The van der Waals surface area contributed by atoms with Crippen LogP contribution in [0.1, 0.15) is 20.3 Å². The molecule has 0 aliphatic heterocycles. The molecule has 0 atom stereocenters. The molecule has 0 aromatic carbocycles. The molecule has 0 rings (SSSR count). The van der Waals surface area contributed by atoms with Crippen LogP contribution < -0.4 is 5.32 Å². The van der Waals surface area contributed by atoms with Gasteiger partial charge in [-0.3, -0.25) is 9.59 Å². The standard InChI is InChI=1S/C6H11NO2S/c1-3-6(9)10-4-7-5(2)8/h3-4H2,1-2H3,(H,7,8). The molecule has 0 bridgehead atoms. The lowest BCUT2D eigenvalue weighted by Crippen LogP contribution is -2.19. The molecule has 0 aliphatic carbocycles. The Morgan fingerprint density at radius 1 is 1.50 bits per heavy atom. The van der Waals surface area contributed by atoms with Crippen LogP contribution in [-0.4, -0.2) is 16.9 Å². The molecule has 0 spiro atoms. The van der Waals surface area contributed by atoms with Gasteiger partial charge in [-0.15, -0.1) is 0 Å². The average Bonchev–Trinajstić information content (AvgIpc) is 1.87. The number of hydrogen-bond acceptors (Lipinski definition) is 3. The minimum Gasteiger partial charge on any atom is -0.347 e. The van der Waals surface area contributed by atoms with Crippen LogP contribution in [0.5, 0.6) is 0 Å². The van der Waals surface area contributed by atoms with Crippen molar-refractivity contribution in [1.82, 2.24) is 5.32 Å². The first kappa shape index (κ1) is 9.49. The Morgan fingerprint density at radius 3 is 2.50 bits per heavy atom. The summed E-state index contributed by atoms with van der Waals surface area (Å²) in [5, 5.41) is 2.62. The quantitative estimate of drug-likeness (QED) is 0.621. The van der Waals surface area contributed by atoms with E-state index in [2.05, 4.69) is 5.32 Å². The molecule has 3 nitrogen and oxygen atoms in total. The van der Waals surface area contributed by atoms with Gasteiger partial charge < -0.3 is 5.32 Å². The van der Waals surface area contributed by atoms with Gasteiger partial charge in [0.25, 0.3) is 0 Å². The van der Waals surface area contributed by atoms with Gasteiger partial charge in [-0.1, -0.05) is 18.7 Å². The smallest absolute Gasteiger partial charge is 0.217 e. The molecule has 0 aliphatic rings. The predicted molar refractivity (Wildman–Crippen MR) is 41.6 cm³/mol. The SMILES string of the molecule is CCC(=O)SCNC(C)=O. The van der Waals surface area contributed by atoms with E-state index in [1.807, 2.05) is 0 Å². The highest BCUT2D eigenvalue weighted by atomic mass is 32.2. The van der Waals surface area contributed by atoms with Crippen molar-refractivity contribution < 1.29 is 9.59 Å². The van der Waals surface area contributed by atoms with E-state index in [0.717, 1.165) is 11.8 Å². The van der Waals surface area contributed by atoms with Crippen LogP contribution in [0.25, 0.3) is 0 Å². The van der Waals surface area contributed by atoms with Crippen molar-refractivity contribution in [2.75, 3.05) is 5.88 Å². The Kier molecular flexibility index (Phi) is 5.02. The fraction of sp³-hybridized carbons (Fsp3) is 0.667. The van der Waals surface area contributed by atoms with E-state index in [9.17, 15) is 9.59 Å². The number of rotatable bonds is 3. The van der Waals surface area contributed by atoms with E-state index in [-0.39, 0.29) is 11.0 Å². The van der Waals surface area contributed by atoms with Gasteiger partial charge in [-0.2, -0.15) is 0 Å². The largest absolute Gasteiger partial charge is 0.347 e. The molecular weight excluding hydrogens is 150 g/mol. The van der Waals surface area contributed by atoms with Gasteiger partial charge >= 0.3 is 0 Å². The second-order valence-electron chi connectivity index (χ2n) is 1.75. The lowest BCUT2D eigenvalue weighted by Gasteiger charge is -1.97. The van der Waals surface area contributed by atoms with Gasteiger partial charge in [0, 0.05) is 13.3 Å². The number of hydrogen-bond donors (Lipinski definition) is 1. The third-order valence-corrected chi connectivity index (χ3v) is 1.74. The molecule has 4 heteroatoms. The third-order valence-electron chi connectivity index (χ3n) is 0.843. The van der Waals surface area contributed by atoms with E-state index in [0.29, 0.717) is 12.3 Å². The maximum atomic E-state index is 10.6. The molecule has 0 heterocycles. The summed E-state index contributed by atoms with van der Waals surface area (Å²) in [5.41, 5.74) is 0. The Hall–Kier alpha value is -0.510. The fourth-order valence-corrected chi connectivity index (χ4v) is 0.961. The first-order chi connectivity index (χ1) is 4.66. The fourth-order valence-electron chi connectivity index (χ4n) is 0.320. The molecule has 0 unspecified atom stereocenters. The van der Waals surface area contributed by atoms with Crippen LogP contribution in [0, 0.1) is 0 Å². The maximum Gasteiger partial charge on any atom is 0.217 e. The van der Waals surface area contributed by atoms with E-state index < -0.39 is 0 Å². The number of thioether (sulfide) groups is 1. The zero-order valence-electron chi connectivity index (χ0n) is 6.14. The van der Waals surface area contributed by atoms with Gasteiger partial charge in [-0.05, 0) is 0 Å². The maximum absolute atomic E-state index is 10.6. The minimum absolute atomic E-state index is 0.101. The van der Waals surface area contributed by atoms with Gasteiger partial charge in [0.2, 0.25) is 5.91 Å². The summed E-state index contributed by atoms with van der Waals surface area (Å²) >= 11 is 1.13. The topological polar surface area (TPSA) is 46.2 Å².